The molecule has 0 aliphatic carbocycles. The van der Waals surface area contributed by atoms with Crippen LogP contribution in [-0.2, 0) is 0 Å². The van der Waals surface area contributed by atoms with E-state index in [-0.39, 0.29) is 0 Å². The number of rotatable bonds is 6. The topological polar surface area (TPSA) is 15.3 Å². The molecule has 1 aromatic carbocycles. The van der Waals surface area contributed by atoms with Crippen molar-refractivity contribution in [2.75, 3.05) is 20.1 Å². The minimum atomic E-state index is 0.457. The summed E-state index contributed by atoms with van der Waals surface area (Å²) in [5.74, 6) is 0. The molecule has 2 heteroatoms. The average Bonchev–Trinajstić information content (AvgIpc) is 2.47. The first-order chi connectivity index (χ1) is 9.35. The molecule has 1 N–H and O–H groups in total. The molecule has 1 saturated heterocycles. The number of nitrogens with zero attached hydrogens (tertiary/aromatic N) is 1. The third-order valence-electron chi connectivity index (χ3n) is 4.34. The van der Waals surface area contributed by atoms with Crippen LogP contribution in [0.2, 0.25) is 0 Å². The fourth-order valence-corrected chi connectivity index (χ4v) is 3.24. The summed E-state index contributed by atoms with van der Waals surface area (Å²) in [5, 5.41) is 3.49. The molecule has 2 atom stereocenters. The molecule has 106 valence electrons. The number of nitrogens with one attached hydrogen (secondary N) is 1. The first-order valence-electron chi connectivity index (χ1n) is 7.81. The van der Waals surface area contributed by atoms with Crippen LogP contribution in [0.1, 0.15) is 50.6 Å². The van der Waals surface area contributed by atoms with E-state index in [9.17, 15) is 0 Å². The highest BCUT2D eigenvalue weighted by Crippen LogP contribution is 2.24. The molecule has 19 heavy (non-hydrogen) atoms. The van der Waals surface area contributed by atoms with Crippen molar-refractivity contribution < 1.29 is 0 Å². The van der Waals surface area contributed by atoms with Gasteiger partial charge in [0, 0.05) is 18.6 Å². The van der Waals surface area contributed by atoms with E-state index in [4.69, 9.17) is 0 Å². The van der Waals surface area contributed by atoms with Crippen LogP contribution < -0.4 is 5.32 Å². The van der Waals surface area contributed by atoms with Gasteiger partial charge in [-0.1, -0.05) is 50.1 Å². The second-order valence-electron chi connectivity index (χ2n) is 5.69. The quantitative estimate of drug-likeness (QED) is 0.840. The Balaban J connectivity index is 2.00. The monoisotopic (exact) mass is 260 g/mol. The van der Waals surface area contributed by atoms with Crippen molar-refractivity contribution in [3.8, 4) is 0 Å². The maximum Gasteiger partial charge on any atom is 0.0446 e. The first kappa shape index (κ1) is 14.5. The Morgan fingerprint density at radius 3 is 2.74 bits per heavy atom. The van der Waals surface area contributed by atoms with Gasteiger partial charge in [-0.05, 0) is 38.4 Å². The molecule has 1 aliphatic rings. The van der Waals surface area contributed by atoms with E-state index < -0.39 is 0 Å². The van der Waals surface area contributed by atoms with Crippen LogP contribution in [-0.4, -0.2) is 31.1 Å². The molecule has 1 aliphatic heterocycles. The molecule has 2 unspecified atom stereocenters. The highest BCUT2D eigenvalue weighted by molar-refractivity contribution is 5.19. The molecule has 0 amide bonds. The Morgan fingerprint density at radius 2 is 2.05 bits per heavy atom. The van der Waals surface area contributed by atoms with Crippen LogP contribution >= 0.6 is 0 Å². The van der Waals surface area contributed by atoms with Crippen LogP contribution in [0.4, 0.5) is 0 Å². The van der Waals surface area contributed by atoms with Gasteiger partial charge >= 0.3 is 0 Å². The lowest BCUT2D eigenvalue weighted by molar-refractivity contribution is 0.126. The van der Waals surface area contributed by atoms with Crippen LogP contribution in [0.5, 0.6) is 0 Å². The van der Waals surface area contributed by atoms with Gasteiger partial charge in [0.25, 0.3) is 0 Å². The smallest absolute Gasteiger partial charge is 0.0446 e. The molecule has 0 bridgehead atoms. The number of likely N-dealkylation sites (N-methyl/N-ethyl adjacent to an activating group) is 1. The standard InChI is InChI=1S/C17H28N2/c1-3-9-16-12-7-8-13-19(16)14-17(18-2)15-10-5-4-6-11-15/h4-6,10-11,16-18H,3,7-9,12-14H2,1-2H3. The van der Waals surface area contributed by atoms with Gasteiger partial charge in [-0.15, -0.1) is 0 Å². The lowest BCUT2D eigenvalue weighted by Gasteiger charge is -2.38. The molecule has 0 saturated carbocycles. The normalized spacial score (nSPS) is 22.3. The zero-order valence-corrected chi connectivity index (χ0v) is 12.4. The molecule has 1 aromatic rings. The maximum atomic E-state index is 3.49. The maximum absolute atomic E-state index is 3.49. The Kier molecular flexibility index (Phi) is 5.87. The average molecular weight is 260 g/mol. The zero-order valence-electron chi connectivity index (χ0n) is 12.4. The Hall–Kier alpha value is -0.860. The van der Waals surface area contributed by atoms with E-state index in [0.29, 0.717) is 6.04 Å². The molecule has 1 heterocycles. The lowest BCUT2D eigenvalue weighted by Crippen LogP contribution is -2.43. The summed E-state index contributed by atoms with van der Waals surface area (Å²) in [7, 11) is 2.08. The van der Waals surface area contributed by atoms with Crippen LogP contribution in [0, 0.1) is 0 Å². The van der Waals surface area contributed by atoms with Crippen LogP contribution in [0.15, 0.2) is 30.3 Å². The molecule has 2 nitrogen and oxygen atoms in total. The van der Waals surface area contributed by atoms with Gasteiger partial charge in [0.15, 0.2) is 0 Å². The summed E-state index contributed by atoms with van der Waals surface area (Å²) in [6, 6.07) is 12.1. The predicted molar refractivity (Wildman–Crippen MR) is 82.4 cm³/mol. The van der Waals surface area contributed by atoms with E-state index in [1.165, 1.54) is 44.2 Å². The van der Waals surface area contributed by atoms with Gasteiger partial charge in [0.2, 0.25) is 0 Å². The van der Waals surface area contributed by atoms with Crippen molar-refractivity contribution in [1.29, 1.82) is 0 Å². The summed E-state index contributed by atoms with van der Waals surface area (Å²) in [6.07, 6.45) is 6.82. The summed E-state index contributed by atoms with van der Waals surface area (Å²) in [6.45, 7) is 4.72. The number of hydrogen-bond donors (Lipinski definition) is 1. The van der Waals surface area contributed by atoms with Gasteiger partial charge in [0.1, 0.15) is 0 Å². The van der Waals surface area contributed by atoms with Gasteiger partial charge in [-0.3, -0.25) is 4.90 Å². The molecule has 1 fully saturated rings. The second-order valence-corrected chi connectivity index (χ2v) is 5.69. The Labute approximate surface area is 118 Å². The molecule has 0 aromatic heterocycles. The minimum absolute atomic E-state index is 0.457. The summed E-state index contributed by atoms with van der Waals surface area (Å²) < 4.78 is 0. The molecule has 0 radical (unpaired) electrons. The van der Waals surface area contributed by atoms with Crippen molar-refractivity contribution in [3.63, 3.8) is 0 Å². The van der Waals surface area contributed by atoms with Crippen molar-refractivity contribution in [3.05, 3.63) is 35.9 Å². The van der Waals surface area contributed by atoms with Gasteiger partial charge < -0.3 is 5.32 Å². The van der Waals surface area contributed by atoms with E-state index in [0.717, 1.165) is 12.6 Å². The van der Waals surface area contributed by atoms with Gasteiger partial charge in [-0.2, -0.15) is 0 Å². The summed E-state index contributed by atoms with van der Waals surface area (Å²) in [4.78, 5) is 2.71. The summed E-state index contributed by atoms with van der Waals surface area (Å²) in [5.41, 5.74) is 1.41. The molecular formula is C17H28N2. The van der Waals surface area contributed by atoms with Crippen molar-refractivity contribution in [1.82, 2.24) is 10.2 Å². The van der Waals surface area contributed by atoms with E-state index in [1.54, 1.807) is 0 Å². The molecular weight excluding hydrogens is 232 g/mol. The fourth-order valence-electron chi connectivity index (χ4n) is 3.24. The summed E-state index contributed by atoms with van der Waals surface area (Å²) >= 11 is 0. The number of hydrogen-bond acceptors (Lipinski definition) is 2. The largest absolute Gasteiger partial charge is 0.312 e. The number of benzene rings is 1. The van der Waals surface area contributed by atoms with Gasteiger partial charge in [-0.25, -0.2) is 0 Å². The molecule has 0 spiro atoms. The highest BCUT2D eigenvalue weighted by Gasteiger charge is 2.24. The van der Waals surface area contributed by atoms with E-state index in [2.05, 4.69) is 54.5 Å². The third-order valence-corrected chi connectivity index (χ3v) is 4.34. The zero-order chi connectivity index (χ0) is 13.5. The number of likely N-dealkylation sites (tertiary alicyclic amines) is 1. The first-order valence-corrected chi connectivity index (χ1v) is 7.81. The predicted octanol–water partition coefficient (Wildman–Crippen LogP) is 3.60. The van der Waals surface area contributed by atoms with E-state index >= 15 is 0 Å². The SMILES string of the molecule is CCCC1CCCCN1CC(NC)c1ccccc1. The van der Waals surface area contributed by atoms with Crippen LogP contribution in [0.25, 0.3) is 0 Å². The lowest BCUT2D eigenvalue weighted by atomic mass is 9.96. The van der Waals surface area contributed by atoms with Crippen LogP contribution in [0.3, 0.4) is 0 Å². The van der Waals surface area contributed by atoms with Crippen molar-refractivity contribution in [2.24, 2.45) is 0 Å². The number of piperidine rings is 1. The third kappa shape index (κ3) is 4.05. The molecule has 2 rings (SSSR count). The van der Waals surface area contributed by atoms with Gasteiger partial charge in [0.05, 0.1) is 0 Å². The highest BCUT2D eigenvalue weighted by atomic mass is 15.2. The second kappa shape index (κ2) is 7.66. The van der Waals surface area contributed by atoms with E-state index in [1.807, 2.05) is 0 Å². The van der Waals surface area contributed by atoms with Crippen molar-refractivity contribution >= 4 is 0 Å². The fraction of sp³-hybridized carbons (Fsp3) is 0.647. The Bertz CT molecular complexity index is 348. The van der Waals surface area contributed by atoms with Crippen molar-refractivity contribution in [2.45, 2.75) is 51.1 Å². The minimum Gasteiger partial charge on any atom is -0.312 e. The Morgan fingerprint density at radius 1 is 1.26 bits per heavy atom.